The molecule has 1 aliphatic rings. The van der Waals surface area contributed by atoms with Crippen LogP contribution < -0.4 is 0 Å². The van der Waals surface area contributed by atoms with Crippen molar-refractivity contribution in [2.75, 3.05) is 6.54 Å². The van der Waals surface area contributed by atoms with Crippen LogP contribution >= 0.6 is 0 Å². The molecule has 1 aromatic heterocycles. The first-order valence-electron chi connectivity index (χ1n) is 9.03. The van der Waals surface area contributed by atoms with Gasteiger partial charge in [0.15, 0.2) is 0 Å². The summed E-state index contributed by atoms with van der Waals surface area (Å²) in [5.74, 6) is -0.305. The summed E-state index contributed by atoms with van der Waals surface area (Å²) in [7, 11) is 0. The van der Waals surface area contributed by atoms with E-state index in [0.29, 0.717) is 6.54 Å². The maximum atomic E-state index is 13.5. The molecule has 1 fully saturated rings. The van der Waals surface area contributed by atoms with Crippen LogP contribution in [-0.2, 0) is 4.79 Å². The highest BCUT2D eigenvalue weighted by atomic mass is 19.1. The summed E-state index contributed by atoms with van der Waals surface area (Å²) in [4.78, 5) is 18.5. The van der Waals surface area contributed by atoms with Crippen molar-refractivity contribution in [3.63, 3.8) is 0 Å². The molecule has 4 nitrogen and oxygen atoms in total. The minimum atomic E-state index is -0.264. The van der Waals surface area contributed by atoms with E-state index in [2.05, 4.69) is 4.98 Å². The van der Waals surface area contributed by atoms with Crippen LogP contribution in [0.1, 0.15) is 30.0 Å². The minimum absolute atomic E-state index is 0.0413. The second-order valence-corrected chi connectivity index (χ2v) is 6.64. The van der Waals surface area contributed by atoms with E-state index in [4.69, 9.17) is 0 Å². The average molecular weight is 361 g/mol. The van der Waals surface area contributed by atoms with Gasteiger partial charge in [-0.05, 0) is 54.3 Å². The molecule has 0 unspecified atom stereocenters. The molecule has 1 aliphatic heterocycles. The summed E-state index contributed by atoms with van der Waals surface area (Å²) in [5, 5.41) is 0. The van der Waals surface area contributed by atoms with Crippen molar-refractivity contribution in [3.05, 3.63) is 90.3 Å². The molecule has 5 heteroatoms. The van der Waals surface area contributed by atoms with Crippen molar-refractivity contribution in [1.29, 1.82) is 0 Å². The maximum absolute atomic E-state index is 13.5. The molecule has 3 aromatic rings. The molecule has 1 saturated heterocycles. The highest BCUT2D eigenvalue weighted by molar-refractivity contribution is 5.92. The number of carbonyl (C=O) groups excluding carboxylic acids is 1. The lowest BCUT2D eigenvalue weighted by atomic mass is 10.0. The molecule has 0 bridgehead atoms. The standard InChI is InChI=1S/C22H20FN3O/c23-19-4-1-3-18(15-19)21-5-2-13-26(21)22(27)11-8-17-6-9-20(10-7-17)25-14-12-24-16-25/h1,3-4,6-12,14-16,21H,2,5,13H2/b11-8+/t21-/m0/s1. The van der Waals surface area contributed by atoms with Gasteiger partial charge in [-0.3, -0.25) is 4.79 Å². The molecule has 0 aliphatic carbocycles. The predicted molar refractivity (Wildman–Crippen MR) is 103 cm³/mol. The Morgan fingerprint density at radius 3 is 2.78 bits per heavy atom. The number of aromatic nitrogens is 2. The fourth-order valence-electron chi connectivity index (χ4n) is 3.52. The number of hydrogen-bond donors (Lipinski definition) is 0. The van der Waals surface area contributed by atoms with Crippen LogP contribution in [0.15, 0.2) is 73.3 Å². The Morgan fingerprint density at radius 1 is 1.19 bits per heavy atom. The molecule has 0 saturated carbocycles. The highest BCUT2D eigenvalue weighted by Crippen LogP contribution is 2.32. The summed E-state index contributed by atoms with van der Waals surface area (Å²) in [5.41, 5.74) is 2.83. The Balaban J connectivity index is 1.46. The average Bonchev–Trinajstić information content (AvgIpc) is 3.38. The van der Waals surface area contributed by atoms with E-state index >= 15 is 0 Å². The minimum Gasteiger partial charge on any atom is -0.332 e. The van der Waals surface area contributed by atoms with Gasteiger partial charge in [-0.15, -0.1) is 0 Å². The van der Waals surface area contributed by atoms with Gasteiger partial charge in [0.25, 0.3) is 0 Å². The largest absolute Gasteiger partial charge is 0.332 e. The van der Waals surface area contributed by atoms with Crippen LogP contribution in [-0.4, -0.2) is 26.9 Å². The van der Waals surface area contributed by atoms with Crippen molar-refractivity contribution >= 4 is 12.0 Å². The van der Waals surface area contributed by atoms with Gasteiger partial charge in [0.2, 0.25) is 5.91 Å². The maximum Gasteiger partial charge on any atom is 0.247 e. The number of halogens is 1. The molecule has 0 spiro atoms. The van der Waals surface area contributed by atoms with Crippen molar-refractivity contribution in [2.24, 2.45) is 0 Å². The molecule has 1 atom stereocenters. The van der Waals surface area contributed by atoms with Crippen LogP contribution in [0.5, 0.6) is 0 Å². The summed E-state index contributed by atoms with van der Waals surface area (Å²) >= 11 is 0. The zero-order chi connectivity index (χ0) is 18.6. The molecule has 0 N–H and O–H groups in total. The smallest absolute Gasteiger partial charge is 0.247 e. The Hall–Kier alpha value is -3.21. The van der Waals surface area contributed by atoms with Crippen LogP contribution in [0.3, 0.4) is 0 Å². The first-order chi connectivity index (χ1) is 13.2. The zero-order valence-corrected chi connectivity index (χ0v) is 14.8. The Kier molecular flexibility index (Phi) is 4.83. The number of rotatable bonds is 4. The number of amides is 1. The summed E-state index contributed by atoms with van der Waals surface area (Å²) in [6, 6.07) is 14.4. The van der Waals surface area contributed by atoms with E-state index in [1.165, 1.54) is 12.1 Å². The Bertz CT molecular complexity index is 948. The molecule has 4 rings (SSSR count). The van der Waals surface area contributed by atoms with E-state index in [1.54, 1.807) is 24.7 Å². The monoisotopic (exact) mass is 361 g/mol. The van der Waals surface area contributed by atoms with E-state index in [9.17, 15) is 9.18 Å². The van der Waals surface area contributed by atoms with Crippen LogP contribution in [0, 0.1) is 5.82 Å². The third-order valence-corrected chi connectivity index (χ3v) is 4.88. The van der Waals surface area contributed by atoms with Crippen LogP contribution in [0.2, 0.25) is 0 Å². The van der Waals surface area contributed by atoms with E-state index in [-0.39, 0.29) is 17.8 Å². The predicted octanol–water partition coefficient (Wildman–Crippen LogP) is 4.39. The molecule has 2 heterocycles. The van der Waals surface area contributed by atoms with Crippen LogP contribution in [0.4, 0.5) is 4.39 Å². The fraction of sp³-hybridized carbons (Fsp3) is 0.182. The number of carbonyl (C=O) groups is 1. The molecule has 136 valence electrons. The molecular weight excluding hydrogens is 341 g/mol. The van der Waals surface area contributed by atoms with Gasteiger partial charge in [0.05, 0.1) is 12.4 Å². The topological polar surface area (TPSA) is 38.1 Å². The van der Waals surface area contributed by atoms with Crippen molar-refractivity contribution in [2.45, 2.75) is 18.9 Å². The van der Waals surface area contributed by atoms with Crippen molar-refractivity contribution < 1.29 is 9.18 Å². The SMILES string of the molecule is O=C(/C=C/c1ccc(-n2ccnc2)cc1)N1CCC[C@H]1c1cccc(F)c1. The van der Waals surface area contributed by atoms with Gasteiger partial charge in [-0.25, -0.2) is 9.37 Å². The fourth-order valence-corrected chi connectivity index (χ4v) is 3.52. The number of nitrogens with zero attached hydrogens (tertiary/aromatic N) is 3. The number of benzene rings is 2. The normalized spacial score (nSPS) is 16.9. The van der Waals surface area contributed by atoms with Gasteiger partial charge in [0.1, 0.15) is 5.82 Å². The number of hydrogen-bond acceptors (Lipinski definition) is 2. The molecular formula is C22H20FN3O. The summed E-state index contributed by atoms with van der Waals surface area (Å²) in [6.45, 7) is 0.698. The second kappa shape index (κ2) is 7.58. The Labute approximate surface area is 157 Å². The van der Waals surface area contributed by atoms with Crippen LogP contribution in [0.25, 0.3) is 11.8 Å². The lowest BCUT2D eigenvalue weighted by molar-refractivity contribution is -0.126. The van der Waals surface area contributed by atoms with Crippen molar-refractivity contribution in [1.82, 2.24) is 14.5 Å². The van der Waals surface area contributed by atoms with Gasteiger partial charge < -0.3 is 9.47 Å². The van der Waals surface area contributed by atoms with E-state index < -0.39 is 0 Å². The zero-order valence-electron chi connectivity index (χ0n) is 14.8. The van der Waals surface area contributed by atoms with Gasteiger partial charge in [-0.2, -0.15) is 0 Å². The first-order valence-corrected chi connectivity index (χ1v) is 9.03. The van der Waals surface area contributed by atoms with Gasteiger partial charge in [0, 0.05) is 30.7 Å². The summed E-state index contributed by atoms with van der Waals surface area (Å²) < 4.78 is 15.5. The van der Waals surface area contributed by atoms with Gasteiger partial charge >= 0.3 is 0 Å². The van der Waals surface area contributed by atoms with Gasteiger partial charge in [-0.1, -0.05) is 24.3 Å². The Morgan fingerprint density at radius 2 is 2.04 bits per heavy atom. The van der Waals surface area contributed by atoms with Crippen molar-refractivity contribution in [3.8, 4) is 5.69 Å². The van der Waals surface area contributed by atoms with E-state index in [0.717, 1.165) is 29.7 Å². The second-order valence-electron chi connectivity index (χ2n) is 6.64. The van der Waals surface area contributed by atoms with E-state index in [1.807, 2.05) is 52.1 Å². The highest BCUT2D eigenvalue weighted by Gasteiger charge is 2.28. The molecule has 0 radical (unpaired) electrons. The quantitative estimate of drug-likeness (QED) is 0.647. The number of likely N-dealkylation sites (tertiary alicyclic amines) is 1. The first kappa shape index (κ1) is 17.2. The molecule has 27 heavy (non-hydrogen) atoms. The molecule has 2 aromatic carbocycles. The lowest BCUT2D eigenvalue weighted by Crippen LogP contribution is -2.28. The third kappa shape index (κ3) is 3.82. The lowest BCUT2D eigenvalue weighted by Gasteiger charge is -2.24. The molecule has 1 amide bonds. The number of imidazole rings is 1. The summed E-state index contributed by atoms with van der Waals surface area (Å²) in [6.07, 6.45) is 10.6. The third-order valence-electron chi connectivity index (χ3n) is 4.88.